The number of benzene rings is 2. The zero-order valence-corrected chi connectivity index (χ0v) is 14.8. The summed E-state index contributed by atoms with van der Waals surface area (Å²) in [6, 6.07) is 19.4. The van der Waals surface area contributed by atoms with Crippen LogP contribution in [0.2, 0.25) is 0 Å². The first kappa shape index (κ1) is 15.7. The maximum Gasteiger partial charge on any atom is 0.272 e. The lowest BCUT2D eigenvalue weighted by Gasteiger charge is -2.23. The Morgan fingerprint density at radius 2 is 1.68 bits per heavy atom. The van der Waals surface area contributed by atoms with Crippen molar-refractivity contribution in [1.82, 2.24) is 14.9 Å². The van der Waals surface area contributed by atoms with Crippen molar-refractivity contribution in [1.29, 1.82) is 0 Å². The third-order valence-electron chi connectivity index (χ3n) is 4.39. The van der Waals surface area contributed by atoms with E-state index in [2.05, 4.69) is 16.0 Å². The number of rotatable bonds is 3. The molecular formula is C20H17N3OS. The second kappa shape index (κ2) is 6.26. The van der Waals surface area contributed by atoms with Gasteiger partial charge in [0, 0.05) is 12.4 Å². The number of nitrogens with zero attached hydrogens (tertiary/aromatic N) is 3. The first-order chi connectivity index (χ1) is 12.1. The molecule has 124 valence electrons. The minimum absolute atomic E-state index is 0.0995. The maximum atomic E-state index is 12.9. The molecule has 0 aliphatic heterocycles. The molecule has 5 heteroatoms. The Labute approximate surface area is 149 Å². The van der Waals surface area contributed by atoms with E-state index in [1.54, 1.807) is 29.4 Å². The number of thiazole rings is 1. The van der Waals surface area contributed by atoms with Gasteiger partial charge in [-0.3, -0.25) is 4.79 Å². The molecular weight excluding hydrogens is 330 g/mol. The highest BCUT2D eigenvalue weighted by Gasteiger charge is 2.22. The lowest BCUT2D eigenvalue weighted by atomic mass is 10.2. The molecule has 25 heavy (non-hydrogen) atoms. The van der Waals surface area contributed by atoms with Crippen LogP contribution in [0.3, 0.4) is 0 Å². The summed E-state index contributed by atoms with van der Waals surface area (Å²) >= 11 is 1.62. The Bertz CT molecular complexity index is 1040. The van der Waals surface area contributed by atoms with E-state index >= 15 is 0 Å². The van der Waals surface area contributed by atoms with Gasteiger partial charge in [0.05, 0.1) is 21.8 Å². The fraction of sp³-hybridized carbons (Fsp3) is 0.150. The smallest absolute Gasteiger partial charge is 0.272 e. The highest BCUT2D eigenvalue weighted by molar-refractivity contribution is 7.18. The van der Waals surface area contributed by atoms with Crippen LogP contribution in [0.15, 0.2) is 60.7 Å². The molecule has 0 saturated carbocycles. The van der Waals surface area contributed by atoms with Gasteiger partial charge in [0.15, 0.2) is 0 Å². The minimum Gasteiger partial charge on any atom is -0.331 e. The molecule has 0 fully saturated rings. The average Bonchev–Trinajstić information content (AvgIpc) is 3.10. The van der Waals surface area contributed by atoms with Crippen LogP contribution in [-0.4, -0.2) is 27.8 Å². The monoisotopic (exact) mass is 347 g/mol. The van der Waals surface area contributed by atoms with Crippen molar-refractivity contribution in [3.8, 4) is 0 Å². The van der Waals surface area contributed by atoms with Gasteiger partial charge in [-0.1, -0.05) is 36.4 Å². The van der Waals surface area contributed by atoms with Crippen LogP contribution < -0.4 is 0 Å². The molecule has 4 aromatic rings. The Morgan fingerprint density at radius 1 is 0.960 bits per heavy atom. The fourth-order valence-corrected chi connectivity index (χ4v) is 3.84. The van der Waals surface area contributed by atoms with Gasteiger partial charge in [0.25, 0.3) is 5.91 Å². The van der Waals surface area contributed by atoms with Crippen molar-refractivity contribution in [2.45, 2.75) is 13.0 Å². The molecule has 0 N–H and O–H groups in total. The number of pyridine rings is 1. The van der Waals surface area contributed by atoms with Crippen molar-refractivity contribution in [3.63, 3.8) is 0 Å². The third kappa shape index (κ3) is 2.87. The number of carbonyl (C=O) groups excluding carboxylic acids is 1. The van der Waals surface area contributed by atoms with Crippen molar-refractivity contribution in [2.24, 2.45) is 0 Å². The zero-order chi connectivity index (χ0) is 17.4. The van der Waals surface area contributed by atoms with E-state index in [4.69, 9.17) is 0 Å². The molecule has 0 aliphatic carbocycles. The number of para-hydroxylation sites is 2. The van der Waals surface area contributed by atoms with E-state index in [0.717, 1.165) is 26.1 Å². The standard InChI is InChI=1S/C20H17N3OS/c1-13(19-22-16-9-5-6-10-18(16)25-19)23(2)20(24)17-12-11-14-7-3-4-8-15(14)21-17/h3-13H,1-2H3/t13-/m0/s1. The quantitative estimate of drug-likeness (QED) is 0.541. The van der Waals surface area contributed by atoms with E-state index in [-0.39, 0.29) is 11.9 Å². The summed E-state index contributed by atoms with van der Waals surface area (Å²) in [6.45, 7) is 2.00. The molecule has 4 rings (SSSR count). The van der Waals surface area contributed by atoms with Gasteiger partial charge in [0.2, 0.25) is 0 Å². The number of fused-ring (bicyclic) bond motifs is 2. The SMILES string of the molecule is C[C@@H](c1nc2ccccc2s1)N(C)C(=O)c1ccc2ccccc2n1. The normalized spacial score (nSPS) is 12.4. The van der Waals surface area contributed by atoms with Crippen molar-refractivity contribution in [3.05, 3.63) is 71.4 Å². The van der Waals surface area contributed by atoms with Gasteiger partial charge in [-0.2, -0.15) is 0 Å². The predicted molar refractivity (Wildman–Crippen MR) is 102 cm³/mol. The predicted octanol–water partition coefficient (Wildman–Crippen LogP) is 4.68. The summed E-state index contributed by atoms with van der Waals surface area (Å²) < 4.78 is 1.13. The van der Waals surface area contributed by atoms with Gasteiger partial charge in [-0.15, -0.1) is 11.3 Å². The average molecular weight is 347 g/mol. The molecule has 0 saturated heterocycles. The van der Waals surface area contributed by atoms with E-state index in [1.165, 1.54) is 0 Å². The molecule has 4 nitrogen and oxygen atoms in total. The van der Waals surface area contributed by atoms with Gasteiger partial charge in [-0.05, 0) is 31.2 Å². The second-order valence-corrected chi connectivity index (χ2v) is 7.06. The molecule has 1 amide bonds. The molecule has 2 aromatic carbocycles. The van der Waals surface area contributed by atoms with Crippen LogP contribution in [0.1, 0.15) is 28.5 Å². The molecule has 0 bridgehead atoms. The maximum absolute atomic E-state index is 12.9. The van der Waals surface area contributed by atoms with Gasteiger partial charge in [-0.25, -0.2) is 9.97 Å². The number of amides is 1. The molecule has 0 aliphatic rings. The Kier molecular flexibility index (Phi) is 3.93. The Hall–Kier alpha value is -2.79. The molecule has 2 aromatic heterocycles. The second-order valence-electron chi connectivity index (χ2n) is 6.00. The van der Waals surface area contributed by atoms with Gasteiger partial charge >= 0.3 is 0 Å². The van der Waals surface area contributed by atoms with Crippen LogP contribution >= 0.6 is 11.3 Å². The third-order valence-corrected chi connectivity index (χ3v) is 5.59. The first-order valence-electron chi connectivity index (χ1n) is 8.12. The van der Waals surface area contributed by atoms with Crippen molar-refractivity contribution >= 4 is 38.4 Å². The van der Waals surface area contributed by atoms with Crippen molar-refractivity contribution < 1.29 is 4.79 Å². The zero-order valence-electron chi connectivity index (χ0n) is 14.0. The number of hydrogen-bond donors (Lipinski definition) is 0. The fourth-order valence-electron chi connectivity index (χ4n) is 2.78. The summed E-state index contributed by atoms with van der Waals surface area (Å²) in [7, 11) is 1.80. The molecule has 0 unspecified atom stereocenters. The number of carbonyl (C=O) groups is 1. The van der Waals surface area contributed by atoms with E-state index in [0.29, 0.717) is 5.69 Å². The molecule has 0 spiro atoms. The summed E-state index contributed by atoms with van der Waals surface area (Å²) in [4.78, 5) is 23.7. The largest absolute Gasteiger partial charge is 0.331 e. The highest BCUT2D eigenvalue weighted by atomic mass is 32.1. The number of hydrogen-bond acceptors (Lipinski definition) is 4. The highest BCUT2D eigenvalue weighted by Crippen LogP contribution is 2.29. The topological polar surface area (TPSA) is 46.1 Å². The summed E-state index contributed by atoms with van der Waals surface area (Å²) in [5.41, 5.74) is 2.25. The van der Waals surface area contributed by atoms with Crippen LogP contribution in [0, 0.1) is 0 Å². The number of aromatic nitrogens is 2. The van der Waals surface area contributed by atoms with Gasteiger partial charge < -0.3 is 4.90 Å². The molecule has 1 atom stereocenters. The Balaban J connectivity index is 1.63. The Morgan fingerprint density at radius 3 is 2.48 bits per heavy atom. The lowest BCUT2D eigenvalue weighted by Crippen LogP contribution is -2.30. The summed E-state index contributed by atoms with van der Waals surface area (Å²) in [5, 5.41) is 1.96. The lowest BCUT2D eigenvalue weighted by molar-refractivity contribution is 0.0737. The summed E-state index contributed by atoms with van der Waals surface area (Å²) in [5.74, 6) is -0.0995. The first-order valence-corrected chi connectivity index (χ1v) is 8.93. The van der Waals surface area contributed by atoms with Crippen LogP contribution in [0.4, 0.5) is 0 Å². The van der Waals surface area contributed by atoms with E-state index in [9.17, 15) is 4.79 Å². The van der Waals surface area contributed by atoms with Crippen LogP contribution in [-0.2, 0) is 0 Å². The van der Waals surface area contributed by atoms with E-state index < -0.39 is 0 Å². The van der Waals surface area contributed by atoms with Crippen LogP contribution in [0.25, 0.3) is 21.1 Å². The molecule has 0 radical (unpaired) electrons. The minimum atomic E-state index is -0.113. The summed E-state index contributed by atoms with van der Waals surface area (Å²) in [6.07, 6.45) is 0. The van der Waals surface area contributed by atoms with E-state index in [1.807, 2.05) is 55.5 Å². The van der Waals surface area contributed by atoms with Crippen LogP contribution in [0.5, 0.6) is 0 Å². The van der Waals surface area contributed by atoms with Gasteiger partial charge in [0.1, 0.15) is 10.7 Å². The van der Waals surface area contributed by atoms with Crippen molar-refractivity contribution in [2.75, 3.05) is 7.05 Å². The molecule has 2 heterocycles.